The molecule has 0 spiro atoms. The van der Waals surface area contributed by atoms with Crippen LogP contribution < -0.4 is 5.32 Å². The molecule has 0 heterocycles. The summed E-state index contributed by atoms with van der Waals surface area (Å²) >= 11 is 0. The molecule has 1 aliphatic rings. The van der Waals surface area contributed by atoms with Crippen LogP contribution in [0.25, 0.3) is 0 Å². The van der Waals surface area contributed by atoms with Gasteiger partial charge in [-0.05, 0) is 37.4 Å². The lowest BCUT2D eigenvalue weighted by Crippen LogP contribution is -2.49. The summed E-state index contributed by atoms with van der Waals surface area (Å²) in [5.41, 5.74) is 0. The van der Waals surface area contributed by atoms with Crippen LogP contribution in [0.1, 0.15) is 53.4 Å². The summed E-state index contributed by atoms with van der Waals surface area (Å²) in [4.78, 5) is 25.1. The molecule has 1 saturated carbocycles. The van der Waals surface area contributed by atoms with E-state index in [1.165, 1.54) is 26.2 Å². The molecule has 0 aliphatic heterocycles. The molecule has 0 saturated heterocycles. The highest BCUT2D eigenvalue weighted by Crippen LogP contribution is 2.36. The van der Waals surface area contributed by atoms with Crippen molar-refractivity contribution in [3.8, 4) is 0 Å². The average molecular weight is 373 g/mol. The van der Waals surface area contributed by atoms with E-state index in [9.17, 15) is 9.59 Å². The number of hydrogen-bond donors (Lipinski definition) is 2. The van der Waals surface area contributed by atoms with Gasteiger partial charge in [-0.15, -0.1) is 0 Å². The SMILES string of the molecule is C[C@H](NC(=O)N(CCO[Si](C)(C)C(C)(C)C)CCC1CCC1)C(=O)O. The van der Waals surface area contributed by atoms with Gasteiger partial charge in [0.15, 0.2) is 8.32 Å². The van der Waals surface area contributed by atoms with Gasteiger partial charge in [0.1, 0.15) is 6.04 Å². The van der Waals surface area contributed by atoms with Crippen LogP contribution in [0.5, 0.6) is 0 Å². The molecule has 0 radical (unpaired) electrons. The molecule has 1 atom stereocenters. The number of nitrogens with one attached hydrogen (secondary N) is 1. The third kappa shape index (κ3) is 6.97. The number of nitrogens with zero attached hydrogens (tertiary/aromatic N) is 1. The van der Waals surface area contributed by atoms with E-state index in [1.807, 2.05) is 0 Å². The molecule has 0 unspecified atom stereocenters. The zero-order valence-electron chi connectivity index (χ0n) is 16.7. The smallest absolute Gasteiger partial charge is 0.325 e. The number of carboxylic acid groups (broad SMARTS) is 1. The Bertz CT molecular complexity index is 458. The Balaban J connectivity index is 2.57. The largest absolute Gasteiger partial charge is 0.480 e. The van der Waals surface area contributed by atoms with Crippen LogP contribution in [0.15, 0.2) is 0 Å². The maximum atomic E-state index is 12.4. The van der Waals surface area contributed by atoms with Crippen LogP contribution in [0, 0.1) is 5.92 Å². The normalized spacial score (nSPS) is 16.9. The quantitative estimate of drug-likeness (QED) is 0.605. The Hall–Kier alpha value is -1.08. The zero-order chi connectivity index (χ0) is 19.3. The Labute approximate surface area is 153 Å². The molecule has 1 rings (SSSR count). The molecule has 1 aliphatic carbocycles. The Kier molecular flexibility index (Phi) is 7.93. The fourth-order valence-corrected chi connectivity index (χ4v) is 3.44. The first kappa shape index (κ1) is 22.0. The van der Waals surface area contributed by atoms with Crippen LogP contribution in [0.3, 0.4) is 0 Å². The van der Waals surface area contributed by atoms with Crippen molar-refractivity contribution in [2.75, 3.05) is 19.7 Å². The molecule has 1 fully saturated rings. The van der Waals surface area contributed by atoms with Crippen molar-refractivity contribution in [3.05, 3.63) is 0 Å². The Morgan fingerprint density at radius 2 is 1.88 bits per heavy atom. The van der Waals surface area contributed by atoms with Gasteiger partial charge in [-0.3, -0.25) is 4.79 Å². The second-order valence-electron chi connectivity index (χ2n) is 8.69. The monoisotopic (exact) mass is 372 g/mol. The number of hydrogen-bond acceptors (Lipinski definition) is 3. The molecular weight excluding hydrogens is 336 g/mol. The second-order valence-corrected chi connectivity index (χ2v) is 13.5. The van der Waals surface area contributed by atoms with Gasteiger partial charge in [0.2, 0.25) is 0 Å². The first-order valence-electron chi connectivity index (χ1n) is 9.36. The number of rotatable bonds is 9. The van der Waals surface area contributed by atoms with E-state index in [1.54, 1.807) is 4.90 Å². The Morgan fingerprint density at radius 3 is 2.32 bits per heavy atom. The van der Waals surface area contributed by atoms with Crippen molar-refractivity contribution in [1.29, 1.82) is 0 Å². The second kappa shape index (κ2) is 9.03. The molecule has 0 aromatic rings. The van der Waals surface area contributed by atoms with Gasteiger partial charge in [0.05, 0.1) is 6.61 Å². The average Bonchev–Trinajstić information content (AvgIpc) is 2.42. The van der Waals surface area contributed by atoms with Gasteiger partial charge in [0, 0.05) is 13.1 Å². The van der Waals surface area contributed by atoms with Gasteiger partial charge in [-0.1, -0.05) is 40.0 Å². The van der Waals surface area contributed by atoms with Crippen LogP contribution in [0.2, 0.25) is 18.1 Å². The highest BCUT2D eigenvalue weighted by Gasteiger charge is 2.37. The Morgan fingerprint density at radius 1 is 1.28 bits per heavy atom. The predicted octanol–water partition coefficient (Wildman–Crippen LogP) is 3.68. The summed E-state index contributed by atoms with van der Waals surface area (Å²) in [6.07, 6.45) is 4.74. The summed E-state index contributed by atoms with van der Waals surface area (Å²) in [5, 5.41) is 11.7. The zero-order valence-corrected chi connectivity index (χ0v) is 17.7. The van der Waals surface area contributed by atoms with Gasteiger partial charge in [-0.2, -0.15) is 0 Å². The molecular formula is C18H36N2O4Si. The predicted molar refractivity (Wildman–Crippen MR) is 102 cm³/mol. The lowest BCUT2D eigenvalue weighted by Gasteiger charge is -2.37. The number of amides is 2. The van der Waals surface area contributed by atoms with Crippen molar-refractivity contribution in [1.82, 2.24) is 10.2 Å². The summed E-state index contributed by atoms with van der Waals surface area (Å²) in [6, 6.07) is -1.20. The van der Waals surface area contributed by atoms with E-state index in [0.29, 0.717) is 25.6 Å². The van der Waals surface area contributed by atoms with E-state index in [2.05, 4.69) is 39.2 Å². The third-order valence-electron chi connectivity index (χ3n) is 5.66. The molecule has 6 nitrogen and oxygen atoms in total. The molecule has 2 N–H and O–H groups in total. The first-order valence-corrected chi connectivity index (χ1v) is 12.3. The van der Waals surface area contributed by atoms with Crippen molar-refractivity contribution in [3.63, 3.8) is 0 Å². The van der Waals surface area contributed by atoms with Gasteiger partial charge in [-0.25, -0.2) is 4.79 Å². The molecule has 0 bridgehead atoms. The van der Waals surface area contributed by atoms with Crippen molar-refractivity contribution in [2.45, 2.75) is 77.6 Å². The first-order chi connectivity index (χ1) is 11.4. The summed E-state index contributed by atoms with van der Waals surface area (Å²) in [7, 11) is -1.85. The van der Waals surface area contributed by atoms with E-state index in [-0.39, 0.29) is 11.1 Å². The van der Waals surface area contributed by atoms with Crippen LogP contribution in [-0.4, -0.2) is 56.1 Å². The fraction of sp³-hybridized carbons (Fsp3) is 0.889. The van der Waals surface area contributed by atoms with E-state index in [0.717, 1.165) is 6.42 Å². The minimum Gasteiger partial charge on any atom is -0.480 e. The van der Waals surface area contributed by atoms with E-state index in [4.69, 9.17) is 9.53 Å². The van der Waals surface area contributed by atoms with Gasteiger partial charge in [0.25, 0.3) is 0 Å². The van der Waals surface area contributed by atoms with Crippen LogP contribution in [-0.2, 0) is 9.22 Å². The topological polar surface area (TPSA) is 78.9 Å². The van der Waals surface area contributed by atoms with Gasteiger partial charge < -0.3 is 19.7 Å². The summed E-state index contributed by atoms with van der Waals surface area (Å²) in [5.74, 6) is -0.321. The van der Waals surface area contributed by atoms with Crippen molar-refractivity contribution in [2.24, 2.45) is 5.92 Å². The highest BCUT2D eigenvalue weighted by atomic mass is 28.4. The number of carbonyl (C=O) groups is 2. The number of carbonyl (C=O) groups excluding carboxylic acids is 1. The van der Waals surface area contributed by atoms with E-state index >= 15 is 0 Å². The van der Waals surface area contributed by atoms with Crippen LogP contribution >= 0.6 is 0 Å². The lowest BCUT2D eigenvalue weighted by atomic mass is 9.83. The molecule has 7 heteroatoms. The van der Waals surface area contributed by atoms with Crippen LogP contribution in [0.4, 0.5) is 4.79 Å². The standard InChI is InChI=1S/C18H36N2O4Si/c1-14(16(21)22)19-17(23)20(11-10-15-8-7-9-15)12-13-24-25(5,6)18(2,3)4/h14-15H,7-13H2,1-6H3,(H,19,23)(H,21,22)/t14-/m0/s1. The number of aliphatic carboxylic acids is 1. The van der Waals surface area contributed by atoms with Gasteiger partial charge >= 0.3 is 12.0 Å². The molecule has 0 aromatic carbocycles. The minimum atomic E-state index is -1.85. The number of carboxylic acids is 1. The summed E-state index contributed by atoms with van der Waals surface area (Å²) in [6.45, 7) is 14.1. The molecule has 25 heavy (non-hydrogen) atoms. The van der Waals surface area contributed by atoms with Crippen molar-refractivity contribution >= 4 is 20.3 Å². The number of urea groups is 1. The molecule has 2 amide bonds. The summed E-state index contributed by atoms with van der Waals surface area (Å²) < 4.78 is 6.18. The third-order valence-corrected chi connectivity index (χ3v) is 10.2. The fourth-order valence-electron chi connectivity index (χ4n) is 2.40. The maximum Gasteiger partial charge on any atom is 0.325 e. The lowest BCUT2D eigenvalue weighted by molar-refractivity contribution is -0.138. The molecule has 146 valence electrons. The molecule has 0 aromatic heterocycles. The van der Waals surface area contributed by atoms with Crippen molar-refractivity contribution < 1.29 is 19.1 Å². The van der Waals surface area contributed by atoms with E-state index < -0.39 is 20.3 Å². The highest BCUT2D eigenvalue weighted by molar-refractivity contribution is 6.74. The maximum absolute atomic E-state index is 12.4. The minimum absolute atomic E-state index is 0.129.